The standard InChI is InChI=1S/C19H28N4O2.2ClH/c24-13-15-12-20-8-4-19(15)5-9-23(10-6-19)17-11-14(3-7-21-17)18(25)22-16-1-2-16;;/h3,7,11,15-16,20,24H,1-2,4-6,8-10,12-13H2,(H,22,25);2*1H. The van der Waals surface area contributed by atoms with E-state index in [1.165, 1.54) is 0 Å². The Morgan fingerprint density at radius 3 is 2.70 bits per heavy atom. The molecule has 1 saturated carbocycles. The Balaban J connectivity index is 0.00000131. The summed E-state index contributed by atoms with van der Waals surface area (Å²) in [5, 5.41) is 16.2. The number of aliphatic hydroxyl groups excluding tert-OH is 1. The van der Waals surface area contributed by atoms with Crippen LogP contribution < -0.4 is 15.5 Å². The van der Waals surface area contributed by atoms with Crippen molar-refractivity contribution in [3.05, 3.63) is 23.9 Å². The molecule has 1 atom stereocenters. The summed E-state index contributed by atoms with van der Waals surface area (Å²) in [4.78, 5) is 19.0. The second-order valence-corrected chi connectivity index (χ2v) is 7.83. The van der Waals surface area contributed by atoms with Crippen LogP contribution in [0.4, 0.5) is 5.82 Å². The summed E-state index contributed by atoms with van der Waals surface area (Å²) in [6.45, 7) is 4.12. The minimum Gasteiger partial charge on any atom is -0.396 e. The number of aliphatic hydroxyl groups is 1. The van der Waals surface area contributed by atoms with Gasteiger partial charge in [-0.15, -0.1) is 24.8 Å². The van der Waals surface area contributed by atoms with Crippen LogP contribution in [0.3, 0.4) is 0 Å². The molecule has 4 rings (SSSR count). The van der Waals surface area contributed by atoms with Crippen LogP contribution in [0.2, 0.25) is 0 Å². The van der Waals surface area contributed by atoms with E-state index in [4.69, 9.17) is 0 Å². The monoisotopic (exact) mass is 416 g/mol. The Morgan fingerprint density at radius 1 is 1.30 bits per heavy atom. The lowest BCUT2D eigenvalue weighted by molar-refractivity contribution is 0.0326. The van der Waals surface area contributed by atoms with Crippen molar-refractivity contribution < 1.29 is 9.90 Å². The summed E-state index contributed by atoms with van der Waals surface area (Å²) in [6.07, 6.45) is 7.24. The van der Waals surface area contributed by atoms with Crippen LogP contribution in [0.15, 0.2) is 18.3 Å². The predicted octanol–water partition coefficient (Wildman–Crippen LogP) is 2.01. The van der Waals surface area contributed by atoms with E-state index in [9.17, 15) is 9.90 Å². The third-order valence-electron chi connectivity index (χ3n) is 6.28. The van der Waals surface area contributed by atoms with Crippen molar-refractivity contribution in [3.63, 3.8) is 0 Å². The molecule has 8 heteroatoms. The molecule has 3 heterocycles. The molecule has 27 heavy (non-hydrogen) atoms. The van der Waals surface area contributed by atoms with Crippen LogP contribution in [-0.4, -0.2) is 54.8 Å². The molecule has 1 spiro atoms. The minimum absolute atomic E-state index is 0. The van der Waals surface area contributed by atoms with E-state index >= 15 is 0 Å². The molecule has 152 valence electrons. The molecule has 1 amide bonds. The maximum Gasteiger partial charge on any atom is 0.251 e. The zero-order valence-electron chi connectivity index (χ0n) is 15.5. The van der Waals surface area contributed by atoms with Gasteiger partial charge in [0.25, 0.3) is 5.91 Å². The fourth-order valence-electron chi connectivity index (χ4n) is 4.36. The Kier molecular flexibility index (Phi) is 7.74. The molecule has 3 N–H and O–H groups in total. The van der Waals surface area contributed by atoms with Gasteiger partial charge in [-0.3, -0.25) is 4.79 Å². The molecule has 1 unspecified atom stereocenters. The van der Waals surface area contributed by atoms with Gasteiger partial charge in [0.15, 0.2) is 0 Å². The molecule has 0 bridgehead atoms. The van der Waals surface area contributed by atoms with Gasteiger partial charge in [0.2, 0.25) is 0 Å². The number of anilines is 1. The smallest absolute Gasteiger partial charge is 0.251 e. The lowest BCUT2D eigenvalue weighted by atomic mass is 9.65. The van der Waals surface area contributed by atoms with Crippen molar-refractivity contribution in [1.82, 2.24) is 15.6 Å². The van der Waals surface area contributed by atoms with Gasteiger partial charge in [0, 0.05) is 50.0 Å². The molecule has 6 nitrogen and oxygen atoms in total. The van der Waals surface area contributed by atoms with Crippen LogP contribution in [0, 0.1) is 11.3 Å². The summed E-state index contributed by atoms with van der Waals surface area (Å²) in [6, 6.07) is 4.08. The fraction of sp³-hybridized carbons (Fsp3) is 0.684. The van der Waals surface area contributed by atoms with Crippen molar-refractivity contribution in [2.24, 2.45) is 11.3 Å². The average Bonchev–Trinajstić information content (AvgIpc) is 3.47. The Morgan fingerprint density at radius 2 is 2.04 bits per heavy atom. The number of halogens is 2. The maximum absolute atomic E-state index is 12.3. The van der Waals surface area contributed by atoms with Crippen LogP contribution in [0.25, 0.3) is 0 Å². The highest BCUT2D eigenvalue weighted by molar-refractivity contribution is 5.95. The van der Waals surface area contributed by atoms with Gasteiger partial charge in [-0.25, -0.2) is 4.98 Å². The van der Waals surface area contributed by atoms with Gasteiger partial charge in [-0.05, 0) is 56.2 Å². The molecule has 3 fully saturated rings. The van der Waals surface area contributed by atoms with E-state index in [1.54, 1.807) is 12.3 Å². The van der Waals surface area contributed by atoms with E-state index in [0.717, 1.165) is 64.1 Å². The Labute approximate surface area is 173 Å². The Bertz CT molecular complexity index is 634. The summed E-state index contributed by atoms with van der Waals surface area (Å²) in [5.74, 6) is 1.26. The quantitative estimate of drug-likeness (QED) is 0.699. The number of nitrogens with one attached hydrogen (secondary N) is 2. The van der Waals surface area contributed by atoms with Gasteiger partial charge in [-0.2, -0.15) is 0 Å². The van der Waals surface area contributed by atoms with E-state index in [1.807, 2.05) is 6.07 Å². The van der Waals surface area contributed by atoms with E-state index in [0.29, 0.717) is 17.5 Å². The number of amides is 1. The maximum atomic E-state index is 12.3. The summed E-state index contributed by atoms with van der Waals surface area (Å²) in [7, 11) is 0. The molecular weight excluding hydrogens is 387 g/mol. The van der Waals surface area contributed by atoms with Gasteiger partial charge >= 0.3 is 0 Å². The first kappa shape index (κ1) is 22.2. The molecule has 1 aromatic rings. The van der Waals surface area contributed by atoms with Crippen LogP contribution >= 0.6 is 24.8 Å². The van der Waals surface area contributed by atoms with Crippen LogP contribution in [0.5, 0.6) is 0 Å². The SMILES string of the molecule is Cl.Cl.O=C(NC1CC1)c1ccnc(N2CCC3(CCNCC3CO)CC2)c1. The third kappa shape index (κ3) is 4.86. The average molecular weight is 417 g/mol. The molecule has 1 aromatic heterocycles. The lowest BCUT2D eigenvalue weighted by Gasteiger charge is -2.49. The zero-order chi connectivity index (χ0) is 17.3. The van der Waals surface area contributed by atoms with Gasteiger partial charge < -0.3 is 20.6 Å². The number of aromatic nitrogens is 1. The summed E-state index contributed by atoms with van der Waals surface area (Å²) < 4.78 is 0. The number of hydrogen-bond donors (Lipinski definition) is 3. The first-order valence-corrected chi connectivity index (χ1v) is 9.54. The third-order valence-corrected chi connectivity index (χ3v) is 6.28. The molecule has 1 aliphatic carbocycles. The minimum atomic E-state index is 0. The van der Waals surface area contributed by atoms with Crippen molar-refractivity contribution in [2.45, 2.75) is 38.1 Å². The van der Waals surface area contributed by atoms with E-state index < -0.39 is 0 Å². The number of piperidine rings is 2. The van der Waals surface area contributed by atoms with Crippen LogP contribution in [0.1, 0.15) is 42.5 Å². The highest BCUT2D eigenvalue weighted by atomic mass is 35.5. The normalized spacial score (nSPS) is 23.9. The largest absolute Gasteiger partial charge is 0.396 e. The highest BCUT2D eigenvalue weighted by Gasteiger charge is 2.42. The summed E-state index contributed by atoms with van der Waals surface area (Å²) >= 11 is 0. The first-order valence-electron chi connectivity index (χ1n) is 9.54. The lowest BCUT2D eigenvalue weighted by Crippen LogP contribution is -2.52. The van der Waals surface area contributed by atoms with Gasteiger partial charge in [0.1, 0.15) is 5.82 Å². The molecule has 0 radical (unpaired) electrons. The summed E-state index contributed by atoms with van der Waals surface area (Å²) in [5.41, 5.74) is 0.963. The van der Waals surface area contributed by atoms with Crippen LogP contribution in [-0.2, 0) is 0 Å². The van der Waals surface area contributed by atoms with Gasteiger partial charge in [0.05, 0.1) is 0 Å². The Hall–Kier alpha value is -1.08. The van der Waals surface area contributed by atoms with Crippen molar-refractivity contribution in [3.8, 4) is 0 Å². The number of rotatable bonds is 4. The fourth-order valence-corrected chi connectivity index (χ4v) is 4.36. The molecule has 3 aliphatic rings. The zero-order valence-corrected chi connectivity index (χ0v) is 17.2. The molecule has 2 aliphatic heterocycles. The topological polar surface area (TPSA) is 77.5 Å². The number of pyridine rings is 1. The van der Waals surface area contributed by atoms with Crippen molar-refractivity contribution in [1.29, 1.82) is 0 Å². The number of carbonyl (C=O) groups excluding carboxylic acids is 1. The van der Waals surface area contributed by atoms with Crippen molar-refractivity contribution >= 4 is 36.5 Å². The van der Waals surface area contributed by atoms with Gasteiger partial charge in [-0.1, -0.05) is 0 Å². The highest BCUT2D eigenvalue weighted by Crippen LogP contribution is 2.43. The first-order chi connectivity index (χ1) is 12.2. The van der Waals surface area contributed by atoms with E-state index in [-0.39, 0.29) is 42.7 Å². The second-order valence-electron chi connectivity index (χ2n) is 7.83. The molecule has 2 saturated heterocycles. The second kappa shape index (κ2) is 9.41. The molecule has 0 aromatic carbocycles. The molecular formula is C19H30Cl2N4O2. The number of carbonyl (C=O) groups is 1. The van der Waals surface area contributed by atoms with Crippen molar-refractivity contribution in [2.75, 3.05) is 37.7 Å². The predicted molar refractivity (Wildman–Crippen MR) is 111 cm³/mol. The number of hydrogen-bond acceptors (Lipinski definition) is 5. The van der Waals surface area contributed by atoms with E-state index in [2.05, 4.69) is 20.5 Å². The number of nitrogens with zero attached hydrogens (tertiary/aromatic N) is 2.